The smallest absolute Gasteiger partial charge is 0.167 e. The Morgan fingerprint density at radius 3 is 2.63 bits per heavy atom. The van der Waals surface area contributed by atoms with Crippen LogP contribution in [-0.4, -0.2) is 10.8 Å². The molecule has 1 aromatic carbocycles. The van der Waals surface area contributed by atoms with E-state index in [1.807, 2.05) is 42.5 Å². The van der Waals surface area contributed by atoms with Gasteiger partial charge in [-0.2, -0.15) is 0 Å². The van der Waals surface area contributed by atoms with Gasteiger partial charge in [-0.15, -0.1) is 0 Å². The van der Waals surface area contributed by atoms with E-state index < -0.39 is 0 Å². The number of anilines is 1. The molecule has 1 heterocycles. The number of rotatable bonds is 2. The van der Waals surface area contributed by atoms with E-state index >= 15 is 0 Å². The van der Waals surface area contributed by atoms with Gasteiger partial charge >= 0.3 is 0 Å². The number of carbonyl (C=O) groups is 1. The third-order valence-electron chi connectivity index (χ3n) is 3.18. The Morgan fingerprint density at radius 2 is 1.89 bits per heavy atom. The Kier molecular flexibility index (Phi) is 2.85. The normalized spacial score (nSPS) is 13.7. The highest BCUT2D eigenvalue weighted by atomic mass is 16.1. The second-order valence-corrected chi connectivity index (χ2v) is 4.41. The Balaban J connectivity index is 2.10. The molecule has 0 bridgehead atoms. The van der Waals surface area contributed by atoms with Crippen molar-refractivity contribution >= 4 is 23.3 Å². The third-order valence-corrected chi connectivity index (χ3v) is 3.18. The van der Waals surface area contributed by atoms with Gasteiger partial charge < -0.3 is 5.43 Å². The number of nitrogens with two attached hydrogens (primary N) is 1. The highest BCUT2D eigenvalue weighted by Crippen LogP contribution is 2.27. The zero-order valence-electron chi connectivity index (χ0n) is 10.3. The van der Waals surface area contributed by atoms with Crippen molar-refractivity contribution in [3.05, 3.63) is 59.3 Å². The number of hydrogen-bond donors (Lipinski definition) is 2. The number of Topliss-reactive ketones (excluding diaryl/α,β-unsaturated/α-hetero) is 1. The van der Waals surface area contributed by atoms with E-state index in [0.29, 0.717) is 17.8 Å². The molecule has 0 saturated heterocycles. The molecule has 0 spiro atoms. The van der Waals surface area contributed by atoms with Gasteiger partial charge in [-0.3, -0.25) is 4.79 Å². The summed E-state index contributed by atoms with van der Waals surface area (Å²) < 4.78 is 0. The maximum absolute atomic E-state index is 12.2. The number of pyridine rings is 1. The van der Waals surface area contributed by atoms with Crippen molar-refractivity contribution in [1.29, 1.82) is 0 Å². The van der Waals surface area contributed by atoms with E-state index in [0.717, 1.165) is 16.8 Å². The summed E-state index contributed by atoms with van der Waals surface area (Å²) in [7, 11) is 0. The van der Waals surface area contributed by atoms with Crippen LogP contribution in [0.3, 0.4) is 0 Å². The maximum atomic E-state index is 12.2. The molecule has 19 heavy (non-hydrogen) atoms. The number of benzene rings is 1. The first-order chi connectivity index (χ1) is 9.28. The summed E-state index contributed by atoms with van der Waals surface area (Å²) in [6.45, 7) is 0. The van der Waals surface area contributed by atoms with Crippen LogP contribution in [0.25, 0.3) is 11.6 Å². The van der Waals surface area contributed by atoms with Crippen LogP contribution in [0.2, 0.25) is 0 Å². The molecule has 4 heteroatoms. The van der Waals surface area contributed by atoms with Crippen LogP contribution in [0, 0.1) is 0 Å². The van der Waals surface area contributed by atoms with Gasteiger partial charge in [0.1, 0.15) is 5.82 Å². The lowest BCUT2D eigenvalue weighted by Gasteiger charge is -2.15. The molecule has 3 N–H and O–H groups in total. The minimum absolute atomic E-state index is 0.119. The number of nitrogens with one attached hydrogen (secondary N) is 1. The number of allylic oxidation sites excluding steroid dienone is 1. The SMILES string of the molecule is NNc1ccc2c(n1)C=C(c1ccccc1)C(=O)C2. The van der Waals surface area contributed by atoms with Crippen LogP contribution in [0.5, 0.6) is 0 Å². The van der Waals surface area contributed by atoms with E-state index in [9.17, 15) is 4.79 Å². The number of nitrogen functional groups attached to an aromatic ring is 1. The fourth-order valence-electron chi connectivity index (χ4n) is 2.21. The number of hydrogen-bond acceptors (Lipinski definition) is 4. The van der Waals surface area contributed by atoms with Crippen molar-refractivity contribution in [2.24, 2.45) is 5.84 Å². The first kappa shape index (κ1) is 11.6. The van der Waals surface area contributed by atoms with Crippen molar-refractivity contribution in [3.8, 4) is 0 Å². The monoisotopic (exact) mass is 251 g/mol. The molecule has 1 aromatic heterocycles. The van der Waals surface area contributed by atoms with Crippen molar-refractivity contribution in [2.75, 3.05) is 5.43 Å². The van der Waals surface area contributed by atoms with E-state index in [1.54, 1.807) is 6.07 Å². The summed E-state index contributed by atoms with van der Waals surface area (Å²) in [5, 5.41) is 0. The van der Waals surface area contributed by atoms with Crippen molar-refractivity contribution in [1.82, 2.24) is 4.98 Å². The summed E-state index contributed by atoms with van der Waals surface area (Å²) in [5.41, 5.74) is 5.88. The molecule has 1 aliphatic carbocycles. The molecule has 0 atom stereocenters. The van der Waals surface area contributed by atoms with Crippen molar-refractivity contribution < 1.29 is 4.79 Å². The highest BCUT2D eigenvalue weighted by molar-refractivity contribution is 6.27. The second kappa shape index (κ2) is 4.66. The summed E-state index contributed by atoms with van der Waals surface area (Å²) >= 11 is 0. The molecule has 1 aliphatic rings. The predicted molar refractivity (Wildman–Crippen MR) is 75.1 cm³/mol. The fraction of sp³-hybridized carbons (Fsp3) is 0.0667. The third kappa shape index (κ3) is 2.13. The van der Waals surface area contributed by atoms with Gasteiger partial charge in [0.2, 0.25) is 0 Å². The van der Waals surface area contributed by atoms with Gasteiger partial charge in [0, 0.05) is 12.0 Å². The van der Waals surface area contributed by atoms with Gasteiger partial charge in [-0.1, -0.05) is 36.4 Å². The van der Waals surface area contributed by atoms with E-state index in [-0.39, 0.29) is 5.78 Å². The first-order valence-corrected chi connectivity index (χ1v) is 6.05. The molecule has 4 nitrogen and oxygen atoms in total. The summed E-state index contributed by atoms with van der Waals surface area (Å²) in [5.74, 6) is 6.07. The number of ketones is 1. The van der Waals surface area contributed by atoms with E-state index in [2.05, 4.69) is 10.4 Å². The molecule has 3 rings (SSSR count). The molecule has 0 fully saturated rings. The Bertz CT molecular complexity index is 662. The highest BCUT2D eigenvalue weighted by Gasteiger charge is 2.20. The number of aromatic nitrogens is 1. The number of carbonyl (C=O) groups excluding carboxylic acids is 1. The van der Waals surface area contributed by atoms with Gasteiger partial charge in [-0.05, 0) is 23.3 Å². The van der Waals surface area contributed by atoms with Crippen LogP contribution in [0.15, 0.2) is 42.5 Å². The minimum Gasteiger partial charge on any atom is -0.308 e. The predicted octanol–water partition coefficient (Wildman–Crippen LogP) is 2.03. The Morgan fingerprint density at radius 1 is 1.11 bits per heavy atom. The number of nitrogens with zero attached hydrogens (tertiary/aromatic N) is 1. The summed E-state index contributed by atoms with van der Waals surface area (Å²) in [6.07, 6.45) is 2.21. The molecule has 94 valence electrons. The molecular weight excluding hydrogens is 238 g/mol. The molecule has 0 aliphatic heterocycles. The fourth-order valence-corrected chi connectivity index (χ4v) is 2.21. The van der Waals surface area contributed by atoms with Gasteiger partial charge in [0.25, 0.3) is 0 Å². The zero-order valence-corrected chi connectivity index (χ0v) is 10.3. The van der Waals surface area contributed by atoms with Crippen LogP contribution >= 0.6 is 0 Å². The van der Waals surface area contributed by atoms with E-state index in [1.165, 1.54) is 0 Å². The zero-order chi connectivity index (χ0) is 13.2. The van der Waals surface area contributed by atoms with Gasteiger partial charge in [-0.25, -0.2) is 10.8 Å². The molecule has 0 saturated carbocycles. The maximum Gasteiger partial charge on any atom is 0.167 e. The lowest BCUT2D eigenvalue weighted by Crippen LogP contribution is -2.15. The average molecular weight is 251 g/mol. The van der Waals surface area contributed by atoms with Crippen LogP contribution < -0.4 is 11.3 Å². The van der Waals surface area contributed by atoms with Crippen LogP contribution in [0.4, 0.5) is 5.82 Å². The number of fused-ring (bicyclic) bond motifs is 1. The lowest BCUT2D eigenvalue weighted by atomic mass is 9.90. The molecule has 2 aromatic rings. The largest absolute Gasteiger partial charge is 0.308 e. The first-order valence-electron chi connectivity index (χ1n) is 6.05. The molecular formula is C15H13N3O. The van der Waals surface area contributed by atoms with Gasteiger partial charge in [0.15, 0.2) is 5.78 Å². The summed E-state index contributed by atoms with van der Waals surface area (Å²) in [4.78, 5) is 16.6. The molecule has 0 unspecified atom stereocenters. The lowest BCUT2D eigenvalue weighted by molar-refractivity contribution is -0.113. The second-order valence-electron chi connectivity index (χ2n) is 4.41. The van der Waals surface area contributed by atoms with Crippen molar-refractivity contribution in [2.45, 2.75) is 6.42 Å². The van der Waals surface area contributed by atoms with Crippen molar-refractivity contribution in [3.63, 3.8) is 0 Å². The van der Waals surface area contributed by atoms with E-state index in [4.69, 9.17) is 5.84 Å². The molecule has 0 amide bonds. The minimum atomic E-state index is 0.119. The standard InChI is InChI=1S/C15H13N3O/c16-18-15-7-6-11-8-14(19)12(9-13(11)17-15)10-4-2-1-3-5-10/h1-7,9H,8,16H2,(H,17,18). The number of hydrazine groups is 1. The Labute approximate surface area is 110 Å². The Hall–Kier alpha value is -2.46. The topological polar surface area (TPSA) is 68.0 Å². The van der Waals surface area contributed by atoms with Crippen LogP contribution in [0.1, 0.15) is 16.8 Å². The molecule has 0 radical (unpaired) electrons. The quantitative estimate of drug-likeness (QED) is 0.633. The average Bonchev–Trinajstić information content (AvgIpc) is 2.47. The van der Waals surface area contributed by atoms with Gasteiger partial charge in [0.05, 0.1) is 5.69 Å². The summed E-state index contributed by atoms with van der Waals surface area (Å²) in [6, 6.07) is 13.3. The van der Waals surface area contributed by atoms with Crippen LogP contribution in [-0.2, 0) is 11.2 Å².